The summed E-state index contributed by atoms with van der Waals surface area (Å²) in [5, 5.41) is 0. The normalized spacial score (nSPS) is 15.4. The molecule has 0 amide bonds. The molecule has 0 bridgehead atoms. The van der Waals surface area contributed by atoms with Gasteiger partial charge in [0, 0.05) is 6.08 Å². The highest BCUT2D eigenvalue weighted by Gasteiger charge is 2.01. The quantitative estimate of drug-likeness (QED) is 0.401. The molecule has 0 fully saturated rings. The number of ether oxygens (including phenoxy) is 1. The van der Waals surface area contributed by atoms with Crippen LogP contribution in [0.25, 0.3) is 0 Å². The molecule has 0 spiro atoms. The van der Waals surface area contributed by atoms with Crippen LogP contribution in [0.1, 0.15) is 32.6 Å². The lowest BCUT2D eigenvalue weighted by Crippen LogP contribution is -2.00. The minimum absolute atomic E-state index is 0.179. The zero-order valence-electron chi connectivity index (χ0n) is 9.08. The second-order valence-electron chi connectivity index (χ2n) is 3.39. The fraction of sp³-hybridized carbons (Fsp3) is 0.462. The lowest BCUT2D eigenvalue weighted by molar-refractivity contribution is -0.136. The molecule has 0 heterocycles. The minimum atomic E-state index is -0.316. The van der Waals surface area contributed by atoms with Gasteiger partial charge in [0.1, 0.15) is 0 Å². The van der Waals surface area contributed by atoms with E-state index in [1.165, 1.54) is 24.5 Å². The Morgan fingerprint density at radius 1 is 1.60 bits per heavy atom. The maximum Gasteiger partial charge on any atom is 0.331 e. The highest BCUT2D eigenvalue weighted by molar-refractivity contribution is 5.82. The third kappa shape index (κ3) is 5.07. The first kappa shape index (κ1) is 11.6. The number of carbonyl (C=O) groups is 1. The molecule has 0 atom stereocenters. The summed E-state index contributed by atoms with van der Waals surface area (Å²) in [5.41, 5.74) is 1.24. The molecule has 0 saturated carbocycles. The van der Waals surface area contributed by atoms with Crippen LogP contribution in [0, 0.1) is 11.8 Å². The van der Waals surface area contributed by atoms with Crippen LogP contribution in [0.2, 0.25) is 0 Å². The van der Waals surface area contributed by atoms with E-state index in [-0.39, 0.29) is 12.6 Å². The number of carbonyl (C=O) groups excluding carboxylic acids is 1. The van der Waals surface area contributed by atoms with Crippen LogP contribution in [0.4, 0.5) is 0 Å². The summed E-state index contributed by atoms with van der Waals surface area (Å²) in [7, 11) is 0. The lowest BCUT2D eigenvalue weighted by Gasteiger charge is -2.07. The maximum atomic E-state index is 11.2. The van der Waals surface area contributed by atoms with Crippen molar-refractivity contribution in [2.45, 2.75) is 32.6 Å². The molecular formula is C13H16O2. The van der Waals surface area contributed by atoms with E-state index in [0.717, 1.165) is 12.8 Å². The molecule has 80 valence electrons. The molecular weight excluding hydrogens is 188 g/mol. The first-order chi connectivity index (χ1) is 7.33. The van der Waals surface area contributed by atoms with Crippen LogP contribution in [0.15, 0.2) is 23.8 Å². The zero-order valence-corrected chi connectivity index (χ0v) is 9.08. The van der Waals surface area contributed by atoms with Gasteiger partial charge in [-0.2, -0.15) is 0 Å². The van der Waals surface area contributed by atoms with E-state index in [0.29, 0.717) is 0 Å². The van der Waals surface area contributed by atoms with Gasteiger partial charge in [-0.3, -0.25) is 0 Å². The standard InChI is InChI=1S/C13H16O2/c1-2-3-11-15-13(14)10-9-12-7-5-4-6-8-12/h7,9-10H,4-6,8,11H2,1H3/b10-9+. The van der Waals surface area contributed by atoms with Crippen molar-refractivity contribution in [2.24, 2.45) is 0 Å². The molecule has 2 heteroatoms. The van der Waals surface area contributed by atoms with Crippen LogP contribution in [-0.2, 0) is 9.53 Å². The van der Waals surface area contributed by atoms with Crippen LogP contribution >= 0.6 is 0 Å². The minimum Gasteiger partial charge on any atom is -0.449 e. The number of allylic oxidation sites excluding steroid dienone is 3. The predicted molar refractivity (Wildman–Crippen MR) is 60.1 cm³/mol. The number of esters is 1. The molecule has 0 aromatic rings. The molecule has 0 aromatic carbocycles. The Kier molecular flexibility index (Phi) is 5.32. The Bertz CT molecular complexity index is 326. The van der Waals surface area contributed by atoms with Gasteiger partial charge in [-0.1, -0.05) is 23.6 Å². The van der Waals surface area contributed by atoms with Crippen molar-refractivity contribution >= 4 is 5.97 Å². The summed E-state index contributed by atoms with van der Waals surface area (Å²) in [5.74, 6) is 5.03. The third-order valence-corrected chi connectivity index (χ3v) is 2.22. The summed E-state index contributed by atoms with van der Waals surface area (Å²) in [4.78, 5) is 11.2. The van der Waals surface area contributed by atoms with E-state index in [1.54, 1.807) is 6.92 Å². The summed E-state index contributed by atoms with van der Waals surface area (Å²) < 4.78 is 4.85. The molecule has 2 nitrogen and oxygen atoms in total. The largest absolute Gasteiger partial charge is 0.449 e. The van der Waals surface area contributed by atoms with Crippen molar-refractivity contribution < 1.29 is 9.53 Å². The van der Waals surface area contributed by atoms with E-state index in [4.69, 9.17) is 4.74 Å². The van der Waals surface area contributed by atoms with Crippen molar-refractivity contribution in [3.8, 4) is 11.8 Å². The molecule has 1 rings (SSSR count). The Labute approximate surface area is 91.0 Å². The zero-order chi connectivity index (χ0) is 10.9. The lowest BCUT2D eigenvalue weighted by atomic mass is 9.99. The third-order valence-electron chi connectivity index (χ3n) is 2.22. The van der Waals surface area contributed by atoms with Gasteiger partial charge < -0.3 is 4.74 Å². The highest BCUT2D eigenvalue weighted by Crippen LogP contribution is 2.17. The van der Waals surface area contributed by atoms with Crippen LogP contribution < -0.4 is 0 Å². The van der Waals surface area contributed by atoms with Crippen molar-refractivity contribution in [3.63, 3.8) is 0 Å². The number of hydrogen-bond acceptors (Lipinski definition) is 2. The summed E-state index contributed by atoms with van der Waals surface area (Å²) in [6.07, 6.45) is 10.2. The molecule has 0 aliphatic heterocycles. The van der Waals surface area contributed by atoms with E-state index in [2.05, 4.69) is 17.9 Å². The topological polar surface area (TPSA) is 26.3 Å². The predicted octanol–water partition coefficient (Wildman–Crippen LogP) is 2.61. The van der Waals surface area contributed by atoms with Gasteiger partial charge in [0.2, 0.25) is 0 Å². The van der Waals surface area contributed by atoms with Gasteiger partial charge in [-0.25, -0.2) is 4.79 Å². The molecule has 0 saturated heterocycles. The van der Waals surface area contributed by atoms with Crippen LogP contribution in [0.3, 0.4) is 0 Å². The maximum absolute atomic E-state index is 11.2. The van der Waals surface area contributed by atoms with Crippen molar-refractivity contribution in [1.82, 2.24) is 0 Å². The monoisotopic (exact) mass is 204 g/mol. The van der Waals surface area contributed by atoms with Crippen LogP contribution in [-0.4, -0.2) is 12.6 Å². The van der Waals surface area contributed by atoms with E-state index >= 15 is 0 Å². The molecule has 0 unspecified atom stereocenters. The first-order valence-corrected chi connectivity index (χ1v) is 5.26. The van der Waals surface area contributed by atoms with Gasteiger partial charge in [-0.05, 0) is 32.6 Å². The Balaban J connectivity index is 2.31. The second-order valence-corrected chi connectivity index (χ2v) is 3.39. The molecule has 0 radical (unpaired) electrons. The Morgan fingerprint density at radius 2 is 2.47 bits per heavy atom. The number of rotatable bonds is 3. The van der Waals surface area contributed by atoms with Gasteiger partial charge in [-0.15, -0.1) is 5.92 Å². The fourth-order valence-electron chi connectivity index (χ4n) is 1.42. The summed E-state index contributed by atoms with van der Waals surface area (Å²) >= 11 is 0. The molecule has 1 aliphatic carbocycles. The SMILES string of the molecule is CC#CCOC(=O)/C=C/C1=CCCCC1. The van der Waals surface area contributed by atoms with Crippen molar-refractivity contribution in [2.75, 3.05) is 6.61 Å². The Hall–Kier alpha value is -1.49. The van der Waals surface area contributed by atoms with Crippen LogP contribution in [0.5, 0.6) is 0 Å². The molecule has 0 aromatic heterocycles. The van der Waals surface area contributed by atoms with Crippen molar-refractivity contribution in [3.05, 3.63) is 23.8 Å². The first-order valence-electron chi connectivity index (χ1n) is 5.26. The van der Waals surface area contributed by atoms with Gasteiger partial charge >= 0.3 is 5.97 Å². The fourth-order valence-corrected chi connectivity index (χ4v) is 1.42. The average molecular weight is 204 g/mol. The van der Waals surface area contributed by atoms with Gasteiger partial charge in [0.05, 0.1) is 0 Å². The molecule has 0 N–H and O–H groups in total. The highest BCUT2D eigenvalue weighted by atomic mass is 16.5. The smallest absolute Gasteiger partial charge is 0.331 e. The summed E-state index contributed by atoms with van der Waals surface area (Å²) in [6.45, 7) is 1.90. The summed E-state index contributed by atoms with van der Waals surface area (Å²) in [6, 6.07) is 0. The molecule has 15 heavy (non-hydrogen) atoms. The number of hydrogen-bond donors (Lipinski definition) is 0. The second kappa shape index (κ2) is 6.89. The molecule has 1 aliphatic rings. The average Bonchev–Trinajstić information content (AvgIpc) is 2.28. The van der Waals surface area contributed by atoms with Gasteiger partial charge in [0.25, 0.3) is 0 Å². The van der Waals surface area contributed by atoms with E-state index in [1.807, 2.05) is 6.08 Å². The Morgan fingerprint density at radius 3 is 3.13 bits per heavy atom. The van der Waals surface area contributed by atoms with E-state index < -0.39 is 0 Å². The van der Waals surface area contributed by atoms with Crippen molar-refractivity contribution in [1.29, 1.82) is 0 Å². The van der Waals surface area contributed by atoms with Gasteiger partial charge in [0.15, 0.2) is 6.61 Å². The van der Waals surface area contributed by atoms with E-state index in [9.17, 15) is 4.79 Å².